The van der Waals surface area contributed by atoms with E-state index in [2.05, 4.69) is 32.1 Å². The number of rotatable bonds is 2. The van der Waals surface area contributed by atoms with Gasteiger partial charge in [0.15, 0.2) is 0 Å². The molecule has 0 spiro atoms. The minimum absolute atomic E-state index is 0.600. The van der Waals surface area contributed by atoms with Gasteiger partial charge in [-0.05, 0) is 36.4 Å². The van der Waals surface area contributed by atoms with E-state index in [1.54, 1.807) is 24.3 Å². The summed E-state index contributed by atoms with van der Waals surface area (Å²) in [5, 5.41) is 18.1. The van der Waals surface area contributed by atoms with Crippen molar-refractivity contribution in [3.05, 3.63) is 71.8 Å². The number of nitriles is 2. The van der Waals surface area contributed by atoms with E-state index in [9.17, 15) is 0 Å². The van der Waals surface area contributed by atoms with E-state index in [-0.39, 0.29) is 0 Å². The van der Waals surface area contributed by atoms with Crippen molar-refractivity contribution in [3.63, 3.8) is 0 Å². The molecule has 2 aromatic heterocycles. The Morgan fingerprint density at radius 2 is 1.04 bits per heavy atom. The Morgan fingerprint density at radius 3 is 1.43 bits per heavy atom. The molecule has 3 aromatic carbocycles. The number of aromatic amines is 2. The first-order valence-corrected chi connectivity index (χ1v) is 8.64. The lowest BCUT2D eigenvalue weighted by atomic mass is 10.1. The summed E-state index contributed by atoms with van der Waals surface area (Å²) in [6.45, 7) is 0. The smallest absolute Gasteiger partial charge is 0.138 e. The van der Waals surface area contributed by atoms with Gasteiger partial charge in [-0.3, -0.25) is 0 Å². The lowest BCUT2D eigenvalue weighted by Crippen LogP contribution is -1.83. The van der Waals surface area contributed by atoms with Crippen molar-refractivity contribution in [2.45, 2.75) is 0 Å². The van der Waals surface area contributed by atoms with Crippen LogP contribution in [0.15, 0.2) is 60.7 Å². The zero-order valence-corrected chi connectivity index (χ0v) is 14.6. The Hall–Kier alpha value is -4.42. The van der Waals surface area contributed by atoms with Gasteiger partial charge in [0.05, 0.1) is 45.3 Å². The first-order chi connectivity index (χ1) is 13.7. The lowest BCUT2D eigenvalue weighted by molar-refractivity contribution is 1.32. The van der Waals surface area contributed by atoms with Gasteiger partial charge in [-0.25, -0.2) is 9.97 Å². The van der Waals surface area contributed by atoms with Gasteiger partial charge in [0.1, 0.15) is 11.6 Å². The fourth-order valence-electron chi connectivity index (χ4n) is 3.22. The number of nitrogens with one attached hydrogen (secondary N) is 2. The average Bonchev–Trinajstić information content (AvgIpc) is 3.36. The van der Waals surface area contributed by atoms with Crippen LogP contribution in [-0.4, -0.2) is 19.9 Å². The fraction of sp³-hybridized carbons (Fsp3) is 0. The molecule has 5 aromatic rings. The molecule has 5 rings (SSSR count). The average molecular weight is 360 g/mol. The van der Waals surface area contributed by atoms with Crippen LogP contribution in [-0.2, 0) is 0 Å². The summed E-state index contributed by atoms with van der Waals surface area (Å²) in [6, 6.07) is 23.0. The van der Waals surface area contributed by atoms with Crippen LogP contribution in [0.4, 0.5) is 0 Å². The normalized spacial score (nSPS) is 10.8. The number of fused-ring (bicyclic) bond motifs is 2. The predicted molar refractivity (Wildman–Crippen MR) is 106 cm³/mol. The van der Waals surface area contributed by atoms with Gasteiger partial charge in [-0.2, -0.15) is 10.5 Å². The molecule has 0 fully saturated rings. The number of benzene rings is 3. The first kappa shape index (κ1) is 15.8. The molecule has 6 nitrogen and oxygen atoms in total. The number of aromatic nitrogens is 4. The van der Waals surface area contributed by atoms with Crippen molar-refractivity contribution in [2.75, 3.05) is 0 Å². The SMILES string of the molecule is N#Cc1ccc2nc(-c3ccc(-c4nc5ccc(C#N)cc5[nH]4)cc3)[nH]c2c1. The molecule has 0 aliphatic heterocycles. The number of imidazole rings is 2. The highest BCUT2D eigenvalue weighted by Crippen LogP contribution is 2.26. The van der Waals surface area contributed by atoms with Gasteiger partial charge in [0.2, 0.25) is 0 Å². The standard InChI is InChI=1S/C22H12N6/c23-11-13-1-7-17-19(9-13)27-21(25-17)15-3-5-16(6-4-15)22-26-18-8-2-14(12-24)10-20(18)28-22/h1-10H,(H,25,27)(H,26,28). The third-order valence-corrected chi connectivity index (χ3v) is 4.65. The van der Waals surface area contributed by atoms with Crippen molar-refractivity contribution < 1.29 is 0 Å². The van der Waals surface area contributed by atoms with E-state index in [0.29, 0.717) is 11.1 Å². The molecule has 2 heterocycles. The van der Waals surface area contributed by atoms with Crippen molar-refractivity contribution in [3.8, 4) is 34.9 Å². The summed E-state index contributed by atoms with van der Waals surface area (Å²) in [5.41, 5.74) is 6.41. The molecular weight excluding hydrogens is 348 g/mol. The molecule has 0 bridgehead atoms. The number of H-pyrrole nitrogens is 2. The molecule has 0 aliphatic rings. The third-order valence-electron chi connectivity index (χ3n) is 4.65. The van der Waals surface area contributed by atoms with Crippen molar-refractivity contribution in [2.24, 2.45) is 0 Å². The Bertz CT molecular complexity index is 1310. The minimum atomic E-state index is 0.600. The minimum Gasteiger partial charge on any atom is -0.338 e. The maximum atomic E-state index is 9.03. The van der Waals surface area contributed by atoms with Crippen LogP contribution in [0.25, 0.3) is 44.8 Å². The van der Waals surface area contributed by atoms with Crippen LogP contribution in [0.5, 0.6) is 0 Å². The second kappa shape index (κ2) is 6.08. The van der Waals surface area contributed by atoms with Gasteiger partial charge in [0.25, 0.3) is 0 Å². The summed E-state index contributed by atoms with van der Waals surface area (Å²) in [4.78, 5) is 15.7. The second-order valence-corrected chi connectivity index (χ2v) is 6.44. The van der Waals surface area contributed by atoms with Gasteiger partial charge in [-0.1, -0.05) is 24.3 Å². The number of nitrogens with zero attached hydrogens (tertiary/aromatic N) is 4. The van der Waals surface area contributed by atoms with Crippen molar-refractivity contribution >= 4 is 22.1 Å². The molecule has 2 N–H and O–H groups in total. The molecule has 130 valence electrons. The Morgan fingerprint density at radius 1 is 0.607 bits per heavy atom. The molecule has 0 atom stereocenters. The van der Waals surface area contributed by atoms with Crippen LogP contribution < -0.4 is 0 Å². The summed E-state index contributed by atoms with van der Waals surface area (Å²) >= 11 is 0. The van der Waals surface area contributed by atoms with Crippen molar-refractivity contribution in [1.82, 2.24) is 19.9 Å². The molecular formula is C22H12N6. The van der Waals surface area contributed by atoms with Crippen LogP contribution in [0, 0.1) is 22.7 Å². The van der Waals surface area contributed by atoms with E-state index in [4.69, 9.17) is 10.5 Å². The van der Waals surface area contributed by atoms with Crippen LogP contribution in [0.1, 0.15) is 11.1 Å². The molecule has 0 amide bonds. The highest BCUT2D eigenvalue weighted by atomic mass is 14.9. The van der Waals surface area contributed by atoms with Crippen LogP contribution >= 0.6 is 0 Å². The largest absolute Gasteiger partial charge is 0.338 e. The van der Waals surface area contributed by atoms with Crippen LogP contribution in [0.2, 0.25) is 0 Å². The Kier molecular flexibility index (Phi) is 3.43. The molecule has 28 heavy (non-hydrogen) atoms. The van der Waals surface area contributed by atoms with E-state index in [0.717, 1.165) is 44.8 Å². The summed E-state index contributed by atoms with van der Waals surface area (Å²) in [7, 11) is 0. The highest BCUT2D eigenvalue weighted by molar-refractivity contribution is 5.82. The molecule has 0 aliphatic carbocycles. The molecule has 0 saturated heterocycles. The molecule has 0 saturated carbocycles. The maximum absolute atomic E-state index is 9.03. The topological polar surface area (TPSA) is 105 Å². The summed E-state index contributed by atoms with van der Waals surface area (Å²) in [6.07, 6.45) is 0. The maximum Gasteiger partial charge on any atom is 0.138 e. The Balaban J connectivity index is 1.50. The molecule has 0 unspecified atom stereocenters. The Labute approximate surface area is 159 Å². The van der Waals surface area contributed by atoms with Gasteiger partial charge < -0.3 is 9.97 Å². The molecule has 0 radical (unpaired) electrons. The zero-order chi connectivity index (χ0) is 19.1. The first-order valence-electron chi connectivity index (χ1n) is 8.64. The van der Waals surface area contributed by atoms with E-state index in [1.165, 1.54) is 0 Å². The second-order valence-electron chi connectivity index (χ2n) is 6.44. The van der Waals surface area contributed by atoms with Crippen molar-refractivity contribution in [1.29, 1.82) is 10.5 Å². The molecule has 6 heteroatoms. The van der Waals surface area contributed by atoms with Crippen LogP contribution in [0.3, 0.4) is 0 Å². The predicted octanol–water partition coefficient (Wildman–Crippen LogP) is 4.52. The highest BCUT2D eigenvalue weighted by Gasteiger charge is 2.09. The van der Waals surface area contributed by atoms with Gasteiger partial charge in [-0.15, -0.1) is 0 Å². The quantitative estimate of drug-likeness (QED) is 0.483. The van der Waals surface area contributed by atoms with Gasteiger partial charge in [0, 0.05) is 11.1 Å². The number of hydrogen-bond donors (Lipinski definition) is 2. The summed E-state index contributed by atoms with van der Waals surface area (Å²) < 4.78 is 0. The fourth-order valence-corrected chi connectivity index (χ4v) is 3.22. The van der Waals surface area contributed by atoms with E-state index >= 15 is 0 Å². The monoisotopic (exact) mass is 360 g/mol. The summed E-state index contributed by atoms with van der Waals surface area (Å²) in [5.74, 6) is 1.50. The van der Waals surface area contributed by atoms with Gasteiger partial charge >= 0.3 is 0 Å². The van der Waals surface area contributed by atoms with E-state index < -0.39 is 0 Å². The van der Waals surface area contributed by atoms with E-state index in [1.807, 2.05) is 36.4 Å². The third kappa shape index (κ3) is 2.57. The lowest BCUT2D eigenvalue weighted by Gasteiger charge is -1.99. The number of hydrogen-bond acceptors (Lipinski definition) is 4. The zero-order valence-electron chi connectivity index (χ0n) is 14.6.